The molecule has 31 heavy (non-hydrogen) atoms. The van der Waals surface area contributed by atoms with E-state index in [0.717, 1.165) is 10.2 Å². The van der Waals surface area contributed by atoms with E-state index in [4.69, 9.17) is 0 Å². The Morgan fingerprint density at radius 3 is 2.68 bits per heavy atom. The van der Waals surface area contributed by atoms with Gasteiger partial charge in [0.05, 0.1) is 16.4 Å². The normalized spacial score (nSPS) is 11.1. The maximum absolute atomic E-state index is 13.1. The molecule has 0 radical (unpaired) electrons. The highest BCUT2D eigenvalue weighted by Crippen LogP contribution is 2.23. The maximum atomic E-state index is 13.1. The zero-order valence-corrected chi connectivity index (χ0v) is 16.0. The van der Waals surface area contributed by atoms with Crippen molar-refractivity contribution in [2.75, 3.05) is 5.32 Å². The van der Waals surface area contributed by atoms with Crippen molar-refractivity contribution in [3.63, 3.8) is 0 Å². The minimum atomic E-state index is -0.413. The summed E-state index contributed by atoms with van der Waals surface area (Å²) in [6.45, 7) is -0.265. The largest absolute Gasteiger partial charge is 0.338 e. The van der Waals surface area contributed by atoms with Crippen molar-refractivity contribution >= 4 is 33.5 Å². The number of aromatic amines is 1. The number of nitrogens with one attached hydrogen (secondary N) is 2. The van der Waals surface area contributed by atoms with Crippen LogP contribution in [0.3, 0.4) is 0 Å². The number of hydrogen-bond acceptors (Lipinski definition) is 5. The molecule has 0 aliphatic carbocycles. The van der Waals surface area contributed by atoms with Gasteiger partial charge in [-0.15, -0.1) is 5.10 Å². The van der Waals surface area contributed by atoms with Crippen LogP contribution in [0.25, 0.3) is 33.3 Å². The molecule has 0 aliphatic heterocycles. The van der Waals surface area contributed by atoms with Crippen LogP contribution in [0.2, 0.25) is 0 Å². The summed E-state index contributed by atoms with van der Waals surface area (Å²) in [6.07, 6.45) is 0. The number of hydrogen-bond donors (Lipinski definition) is 2. The van der Waals surface area contributed by atoms with Crippen LogP contribution in [0.5, 0.6) is 0 Å². The molecule has 0 unspecified atom stereocenters. The molecule has 0 saturated carbocycles. The summed E-state index contributed by atoms with van der Waals surface area (Å²) in [5.74, 6) is -0.138. The van der Waals surface area contributed by atoms with Gasteiger partial charge < -0.3 is 10.3 Å². The Balaban J connectivity index is 1.36. The van der Waals surface area contributed by atoms with E-state index in [1.807, 2.05) is 0 Å². The Bertz CT molecular complexity index is 1490. The second-order valence-electron chi connectivity index (χ2n) is 6.94. The molecule has 5 rings (SSSR count). The first-order chi connectivity index (χ1) is 15.1. The molecule has 0 atom stereocenters. The predicted molar refractivity (Wildman–Crippen MR) is 114 cm³/mol. The van der Waals surface area contributed by atoms with Crippen LogP contribution in [0.15, 0.2) is 71.5 Å². The van der Waals surface area contributed by atoms with E-state index < -0.39 is 5.91 Å². The number of nitrogens with zero attached hydrogens (tertiary/aromatic N) is 4. The number of benzene rings is 3. The fraction of sp³-hybridized carbons (Fsp3) is 0.0455. The average molecular weight is 414 g/mol. The van der Waals surface area contributed by atoms with Gasteiger partial charge in [0, 0.05) is 11.3 Å². The molecule has 0 bridgehead atoms. The van der Waals surface area contributed by atoms with Gasteiger partial charge in [-0.25, -0.2) is 14.1 Å². The molecule has 3 aromatic carbocycles. The van der Waals surface area contributed by atoms with Crippen LogP contribution in [-0.4, -0.2) is 30.9 Å². The Hall–Kier alpha value is -4.40. The van der Waals surface area contributed by atoms with Crippen LogP contribution in [0.1, 0.15) is 0 Å². The van der Waals surface area contributed by atoms with E-state index in [0.29, 0.717) is 33.4 Å². The number of imidazole rings is 1. The lowest BCUT2D eigenvalue weighted by Crippen LogP contribution is -2.30. The molecule has 2 aromatic heterocycles. The molecule has 5 aromatic rings. The van der Waals surface area contributed by atoms with Gasteiger partial charge in [0.1, 0.15) is 23.7 Å². The molecule has 2 N–H and O–H groups in total. The number of amides is 1. The zero-order chi connectivity index (χ0) is 21.4. The fourth-order valence-corrected chi connectivity index (χ4v) is 3.30. The number of halogens is 1. The molecule has 1 amide bonds. The van der Waals surface area contributed by atoms with Crippen LogP contribution in [-0.2, 0) is 11.3 Å². The number of carbonyl (C=O) groups excluding carboxylic acids is 1. The third-order valence-corrected chi connectivity index (χ3v) is 4.81. The summed E-state index contributed by atoms with van der Waals surface area (Å²) in [6, 6.07) is 18.0. The third-order valence-electron chi connectivity index (χ3n) is 4.81. The number of aromatic nitrogens is 5. The first-order valence-corrected chi connectivity index (χ1v) is 9.45. The van der Waals surface area contributed by atoms with Gasteiger partial charge in [0.2, 0.25) is 5.91 Å². The highest BCUT2D eigenvalue weighted by atomic mass is 19.1. The molecule has 0 saturated heterocycles. The monoisotopic (exact) mass is 414 g/mol. The van der Waals surface area contributed by atoms with Gasteiger partial charge in [-0.05, 0) is 54.6 Å². The summed E-state index contributed by atoms with van der Waals surface area (Å²) >= 11 is 0. The SMILES string of the molecule is O=C(Cn1nnc2ccccc2c1=O)Nc1ccc2nc(-c3ccc(F)cc3)[nH]c2c1. The molecule has 0 aliphatic rings. The highest BCUT2D eigenvalue weighted by Gasteiger charge is 2.11. The van der Waals surface area contributed by atoms with Crippen molar-refractivity contribution in [1.82, 2.24) is 25.0 Å². The predicted octanol–water partition coefficient (Wildman–Crippen LogP) is 3.11. The van der Waals surface area contributed by atoms with Crippen LogP contribution >= 0.6 is 0 Å². The molecule has 9 heteroatoms. The maximum Gasteiger partial charge on any atom is 0.278 e. The fourth-order valence-electron chi connectivity index (χ4n) is 3.30. The molecule has 8 nitrogen and oxygen atoms in total. The minimum Gasteiger partial charge on any atom is -0.338 e. The summed E-state index contributed by atoms with van der Waals surface area (Å²) in [4.78, 5) is 32.6. The topological polar surface area (TPSA) is 106 Å². The third kappa shape index (κ3) is 3.64. The summed E-state index contributed by atoms with van der Waals surface area (Å²) < 4.78 is 14.2. The quantitative estimate of drug-likeness (QED) is 0.470. The van der Waals surface area contributed by atoms with Crippen LogP contribution in [0, 0.1) is 5.82 Å². The Labute approximate surface area is 174 Å². The van der Waals surface area contributed by atoms with Crippen molar-refractivity contribution in [2.45, 2.75) is 6.54 Å². The second-order valence-corrected chi connectivity index (χ2v) is 6.94. The Kier molecular flexibility index (Phi) is 4.47. The first kappa shape index (κ1) is 18.6. The first-order valence-electron chi connectivity index (χ1n) is 9.45. The lowest BCUT2D eigenvalue weighted by atomic mass is 10.2. The van der Waals surface area contributed by atoms with E-state index in [9.17, 15) is 14.0 Å². The van der Waals surface area contributed by atoms with Gasteiger partial charge >= 0.3 is 0 Å². The molecule has 2 heterocycles. The molecular formula is C22H15FN6O2. The van der Waals surface area contributed by atoms with Gasteiger partial charge in [-0.3, -0.25) is 9.59 Å². The number of anilines is 1. The second kappa shape index (κ2) is 7.45. The smallest absolute Gasteiger partial charge is 0.278 e. The molecule has 0 fully saturated rings. The van der Waals surface area contributed by atoms with Gasteiger partial charge in [0.25, 0.3) is 5.56 Å². The van der Waals surface area contributed by atoms with E-state index in [1.54, 1.807) is 54.6 Å². The van der Waals surface area contributed by atoms with E-state index in [-0.39, 0.29) is 17.9 Å². The van der Waals surface area contributed by atoms with Crippen molar-refractivity contribution in [2.24, 2.45) is 0 Å². The zero-order valence-electron chi connectivity index (χ0n) is 16.0. The van der Waals surface area contributed by atoms with Gasteiger partial charge in [-0.1, -0.05) is 17.3 Å². The van der Waals surface area contributed by atoms with E-state index >= 15 is 0 Å². The van der Waals surface area contributed by atoms with E-state index in [2.05, 4.69) is 25.6 Å². The Morgan fingerprint density at radius 2 is 1.84 bits per heavy atom. The lowest BCUT2D eigenvalue weighted by molar-refractivity contribution is -0.117. The number of rotatable bonds is 4. The summed E-state index contributed by atoms with van der Waals surface area (Å²) in [7, 11) is 0. The number of fused-ring (bicyclic) bond motifs is 2. The Morgan fingerprint density at radius 1 is 1.03 bits per heavy atom. The van der Waals surface area contributed by atoms with Crippen LogP contribution in [0.4, 0.5) is 10.1 Å². The summed E-state index contributed by atoms with van der Waals surface area (Å²) in [5, 5.41) is 11.0. The highest BCUT2D eigenvalue weighted by molar-refractivity contribution is 5.93. The number of carbonyl (C=O) groups is 1. The van der Waals surface area contributed by atoms with Gasteiger partial charge in [0.15, 0.2) is 0 Å². The van der Waals surface area contributed by atoms with E-state index in [1.165, 1.54) is 12.1 Å². The van der Waals surface area contributed by atoms with Gasteiger partial charge in [-0.2, -0.15) is 0 Å². The standard InChI is InChI=1S/C22H15FN6O2/c23-14-7-5-13(6-8-14)21-25-18-10-9-15(11-19(18)26-21)24-20(30)12-29-22(31)16-3-1-2-4-17(16)27-28-29/h1-11H,12H2,(H,24,30)(H,25,26). The molecule has 152 valence electrons. The minimum absolute atomic E-state index is 0.265. The van der Waals surface area contributed by atoms with Crippen molar-refractivity contribution in [1.29, 1.82) is 0 Å². The molecule has 0 spiro atoms. The lowest BCUT2D eigenvalue weighted by Gasteiger charge is -2.07. The van der Waals surface area contributed by atoms with Crippen molar-refractivity contribution in [3.05, 3.63) is 82.9 Å². The molecular weight excluding hydrogens is 399 g/mol. The van der Waals surface area contributed by atoms with Crippen LogP contribution < -0.4 is 10.9 Å². The summed E-state index contributed by atoms with van der Waals surface area (Å²) in [5.41, 5.74) is 2.79. The van der Waals surface area contributed by atoms with Crippen molar-refractivity contribution < 1.29 is 9.18 Å². The average Bonchev–Trinajstić information content (AvgIpc) is 3.20. The van der Waals surface area contributed by atoms with Crippen molar-refractivity contribution in [3.8, 4) is 11.4 Å². The number of H-pyrrole nitrogens is 1.